The second-order valence-electron chi connectivity index (χ2n) is 3.26. The summed E-state index contributed by atoms with van der Waals surface area (Å²) in [5.41, 5.74) is 7.25. The first kappa shape index (κ1) is 10.6. The van der Waals surface area contributed by atoms with Crippen LogP contribution < -0.4 is 5.73 Å². The highest BCUT2D eigenvalue weighted by Gasteiger charge is 2.11. The van der Waals surface area contributed by atoms with Gasteiger partial charge in [-0.3, -0.25) is 0 Å². The predicted octanol–water partition coefficient (Wildman–Crippen LogP) is 2.92. The Balaban J connectivity index is 2.82. The van der Waals surface area contributed by atoms with Gasteiger partial charge in [0.25, 0.3) is 4.90 Å². The highest BCUT2D eigenvalue weighted by molar-refractivity contribution is 7.65. The molecule has 2 N–H and O–H groups in total. The summed E-state index contributed by atoms with van der Waals surface area (Å²) in [5.74, 6) is 0. The van der Waals surface area contributed by atoms with Gasteiger partial charge in [0, 0.05) is 39.8 Å². The lowest BCUT2D eigenvalue weighted by Crippen LogP contribution is -1.87. The van der Waals surface area contributed by atoms with E-state index in [2.05, 4.69) is 10.2 Å². The minimum atomic E-state index is 0.453. The standard InChI is InChI=1S/C11H10N3OS/c1-13-14-11-5-4-10(12)8-3-2-7(16-15)6-9(8)11/h2-6H,12H2,1H3/q+1. The number of anilines is 1. The Morgan fingerprint density at radius 3 is 2.69 bits per heavy atom. The van der Waals surface area contributed by atoms with Crippen LogP contribution in [-0.2, 0) is 15.9 Å². The fourth-order valence-electron chi connectivity index (χ4n) is 1.58. The van der Waals surface area contributed by atoms with Crippen LogP contribution in [-0.4, -0.2) is 7.05 Å². The fourth-order valence-corrected chi connectivity index (χ4v) is 1.87. The van der Waals surface area contributed by atoms with E-state index in [1.807, 2.05) is 6.07 Å². The summed E-state index contributed by atoms with van der Waals surface area (Å²) in [5, 5.41) is 9.49. The molecule has 0 fully saturated rings. The minimum absolute atomic E-state index is 0.453. The molecule has 0 heterocycles. The molecule has 2 aromatic rings. The smallest absolute Gasteiger partial charge is 0.398 e. The average molecular weight is 232 g/mol. The first-order chi connectivity index (χ1) is 7.76. The molecule has 0 aliphatic rings. The SMILES string of the molecule is CN=Nc1ccc(N)c2ccc([S+]=O)cc12. The van der Waals surface area contributed by atoms with E-state index in [-0.39, 0.29) is 0 Å². The van der Waals surface area contributed by atoms with Gasteiger partial charge in [-0.05, 0) is 18.2 Å². The topological polar surface area (TPSA) is 67.8 Å². The van der Waals surface area contributed by atoms with E-state index >= 15 is 0 Å². The summed E-state index contributed by atoms with van der Waals surface area (Å²) in [6.07, 6.45) is 0. The summed E-state index contributed by atoms with van der Waals surface area (Å²) in [4.78, 5) is 0.644. The van der Waals surface area contributed by atoms with E-state index in [1.165, 1.54) is 0 Å². The third-order valence-electron chi connectivity index (χ3n) is 2.30. The number of nitrogens with zero attached hydrogens (tertiary/aromatic N) is 2. The van der Waals surface area contributed by atoms with Gasteiger partial charge in [-0.25, -0.2) is 0 Å². The third kappa shape index (κ3) is 1.77. The van der Waals surface area contributed by atoms with Gasteiger partial charge >= 0.3 is 11.7 Å². The largest absolute Gasteiger partial charge is 0.505 e. The number of benzene rings is 2. The number of rotatable bonds is 2. The summed E-state index contributed by atoms with van der Waals surface area (Å²) in [6.45, 7) is 0. The van der Waals surface area contributed by atoms with Crippen molar-refractivity contribution in [2.75, 3.05) is 12.8 Å². The maximum Gasteiger partial charge on any atom is 0.505 e. The van der Waals surface area contributed by atoms with Crippen LogP contribution in [0.2, 0.25) is 0 Å². The molecule has 0 aliphatic carbocycles. The number of hydrogen-bond donors (Lipinski definition) is 1. The lowest BCUT2D eigenvalue weighted by atomic mass is 10.1. The molecule has 0 aliphatic heterocycles. The van der Waals surface area contributed by atoms with Crippen molar-refractivity contribution in [2.45, 2.75) is 4.90 Å². The lowest BCUT2D eigenvalue weighted by Gasteiger charge is -2.02. The second-order valence-corrected chi connectivity index (χ2v) is 3.90. The molecule has 0 atom stereocenters. The van der Waals surface area contributed by atoms with Gasteiger partial charge in [0.15, 0.2) is 0 Å². The average Bonchev–Trinajstić information content (AvgIpc) is 2.32. The zero-order valence-electron chi connectivity index (χ0n) is 8.68. The molecule has 0 saturated heterocycles. The molecule has 2 aromatic carbocycles. The molecule has 16 heavy (non-hydrogen) atoms. The normalized spacial score (nSPS) is 11.1. The van der Waals surface area contributed by atoms with Crippen molar-refractivity contribution < 1.29 is 4.21 Å². The van der Waals surface area contributed by atoms with Crippen molar-refractivity contribution in [3.8, 4) is 0 Å². The van der Waals surface area contributed by atoms with E-state index in [0.29, 0.717) is 22.2 Å². The van der Waals surface area contributed by atoms with Crippen LogP contribution in [0.5, 0.6) is 0 Å². The molecule has 0 aromatic heterocycles. The number of azo groups is 1. The van der Waals surface area contributed by atoms with Gasteiger partial charge in [-0.2, -0.15) is 10.2 Å². The van der Waals surface area contributed by atoms with Crippen LogP contribution >= 0.6 is 0 Å². The second kappa shape index (κ2) is 4.32. The molecule has 0 saturated carbocycles. The van der Waals surface area contributed by atoms with Crippen LogP contribution in [0.25, 0.3) is 10.8 Å². The highest BCUT2D eigenvalue weighted by Crippen LogP contribution is 2.31. The zero-order valence-corrected chi connectivity index (χ0v) is 9.49. The third-order valence-corrected chi connectivity index (χ3v) is 2.75. The first-order valence-electron chi connectivity index (χ1n) is 4.68. The van der Waals surface area contributed by atoms with Crippen molar-refractivity contribution >= 4 is 33.8 Å². The molecule has 80 valence electrons. The molecular weight excluding hydrogens is 222 g/mol. The maximum absolute atomic E-state index is 10.8. The maximum atomic E-state index is 10.8. The molecule has 5 heteroatoms. The van der Waals surface area contributed by atoms with Gasteiger partial charge in [0.05, 0.1) is 5.69 Å². The predicted molar refractivity (Wildman–Crippen MR) is 65.1 cm³/mol. The van der Waals surface area contributed by atoms with Crippen LogP contribution in [0, 0.1) is 0 Å². The van der Waals surface area contributed by atoms with E-state index in [1.54, 1.807) is 31.3 Å². The number of fused-ring (bicyclic) bond motifs is 1. The van der Waals surface area contributed by atoms with Crippen molar-refractivity contribution in [2.24, 2.45) is 10.2 Å². The molecule has 0 unspecified atom stereocenters. The number of nitrogen functional groups attached to an aromatic ring is 1. The summed E-state index contributed by atoms with van der Waals surface area (Å²) >= 11 is 0.453. The van der Waals surface area contributed by atoms with Gasteiger partial charge in [0.2, 0.25) is 0 Å². The Labute approximate surface area is 96.7 Å². The van der Waals surface area contributed by atoms with Gasteiger partial charge in [-0.15, -0.1) is 0 Å². The minimum Gasteiger partial charge on any atom is -0.398 e. The molecule has 0 bridgehead atoms. The molecule has 0 radical (unpaired) electrons. The Kier molecular flexibility index (Phi) is 2.87. The van der Waals surface area contributed by atoms with Crippen LogP contribution in [0.1, 0.15) is 0 Å². The van der Waals surface area contributed by atoms with Crippen molar-refractivity contribution in [3.63, 3.8) is 0 Å². The summed E-state index contributed by atoms with van der Waals surface area (Å²) in [7, 11) is 1.61. The van der Waals surface area contributed by atoms with Gasteiger partial charge < -0.3 is 5.73 Å². The van der Waals surface area contributed by atoms with Gasteiger partial charge in [-0.1, -0.05) is 0 Å². The number of hydrogen-bond acceptors (Lipinski definition) is 4. The number of nitrogens with two attached hydrogens (primary N) is 1. The van der Waals surface area contributed by atoms with Crippen LogP contribution in [0.4, 0.5) is 11.4 Å². The Hall–Kier alpha value is -1.88. The Morgan fingerprint density at radius 2 is 2.00 bits per heavy atom. The molecule has 2 rings (SSSR count). The quantitative estimate of drug-likeness (QED) is 0.491. The Bertz CT molecular complexity index is 581. The molecule has 4 nitrogen and oxygen atoms in total. The van der Waals surface area contributed by atoms with E-state index in [0.717, 1.165) is 16.5 Å². The van der Waals surface area contributed by atoms with Gasteiger partial charge in [0.1, 0.15) is 0 Å². The lowest BCUT2D eigenvalue weighted by molar-refractivity contribution is 0.605. The van der Waals surface area contributed by atoms with Crippen molar-refractivity contribution in [1.82, 2.24) is 0 Å². The van der Waals surface area contributed by atoms with E-state index in [4.69, 9.17) is 5.73 Å². The Morgan fingerprint density at radius 1 is 1.19 bits per heavy atom. The van der Waals surface area contributed by atoms with E-state index in [9.17, 15) is 4.21 Å². The molecular formula is C11H10N3OS+. The fraction of sp³-hybridized carbons (Fsp3) is 0.0909. The summed E-state index contributed by atoms with van der Waals surface area (Å²) < 4.78 is 10.8. The van der Waals surface area contributed by atoms with E-state index < -0.39 is 0 Å². The van der Waals surface area contributed by atoms with Crippen molar-refractivity contribution in [3.05, 3.63) is 30.3 Å². The van der Waals surface area contributed by atoms with Crippen LogP contribution in [0.15, 0.2) is 45.5 Å². The molecule has 0 spiro atoms. The molecule has 0 amide bonds. The first-order valence-corrected chi connectivity index (χ1v) is 5.42. The monoisotopic (exact) mass is 232 g/mol. The zero-order chi connectivity index (χ0) is 11.5. The highest BCUT2D eigenvalue weighted by atomic mass is 32.1. The van der Waals surface area contributed by atoms with Crippen molar-refractivity contribution in [1.29, 1.82) is 0 Å². The van der Waals surface area contributed by atoms with Crippen LogP contribution in [0.3, 0.4) is 0 Å². The summed E-state index contributed by atoms with van der Waals surface area (Å²) in [6, 6.07) is 8.95.